The first-order valence-electron chi connectivity index (χ1n) is 5.53. The van der Waals surface area contributed by atoms with E-state index in [9.17, 15) is 0 Å². The van der Waals surface area contributed by atoms with Crippen LogP contribution in [0.15, 0.2) is 0 Å². The van der Waals surface area contributed by atoms with E-state index in [1.807, 2.05) is 0 Å². The van der Waals surface area contributed by atoms with Gasteiger partial charge in [-0.05, 0) is 50.9 Å². The molecule has 1 aliphatic rings. The molecule has 0 spiro atoms. The summed E-state index contributed by atoms with van der Waals surface area (Å²) in [6, 6.07) is 0. The highest BCUT2D eigenvalue weighted by Gasteiger charge is 2.36. The molecule has 0 aromatic heterocycles. The van der Waals surface area contributed by atoms with E-state index >= 15 is 0 Å². The predicted molar refractivity (Wildman–Crippen MR) is 57.7 cm³/mol. The lowest BCUT2D eigenvalue weighted by Gasteiger charge is -2.44. The van der Waals surface area contributed by atoms with Gasteiger partial charge in [-0.2, -0.15) is 0 Å². The van der Waals surface area contributed by atoms with Crippen molar-refractivity contribution in [2.45, 2.75) is 33.1 Å². The third-order valence-corrected chi connectivity index (χ3v) is 4.05. The second-order valence-electron chi connectivity index (χ2n) is 4.68. The third-order valence-electron chi connectivity index (χ3n) is 4.05. The summed E-state index contributed by atoms with van der Waals surface area (Å²) in [5, 5.41) is 0. The van der Waals surface area contributed by atoms with Gasteiger partial charge in [0.25, 0.3) is 0 Å². The number of hydrogen-bond donors (Lipinski definition) is 1. The number of nitrogens with zero attached hydrogens (tertiary/aromatic N) is 1. The quantitative estimate of drug-likeness (QED) is 0.723. The van der Waals surface area contributed by atoms with Gasteiger partial charge in [-0.3, -0.25) is 0 Å². The fourth-order valence-electron chi connectivity index (χ4n) is 2.39. The van der Waals surface area contributed by atoms with Crippen molar-refractivity contribution in [1.29, 1.82) is 0 Å². The van der Waals surface area contributed by atoms with Crippen molar-refractivity contribution in [3.8, 4) is 0 Å². The molecule has 1 unspecified atom stereocenters. The fraction of sp³-hybridized carbons (Fsp3) is 1.00. The molecule has 1 fully saturated rings. The van der Waals surface area contributed by atoms with Crippen molar-refractivity contribution in [3.05, 3.63) is 0 Å². The molecule has 0 saturated carbocycles. The maximum absolute atomic E-state index is 5.94. The molecule has 1 heterocycles. The number of likely N-dealkylation sites (tertiary alicyclic amines) is 1. The average Bonchev–Trinajstić information content (AvgIpc) is 2.18. The summed E-state index contributed by atoms with van der Waals surface area (Å²) in [4.78, 5) is 2.41. The number of rotatable bonds is 3. The van der Waals surface area contributed by atoms with Crippen LogP contribution in [0.1, 0.15) is 33.1 Å². The Morgan fingerprint density at radius 2 is 1.92 bits per heavy atom. The van der Waals surface area contributed by atoms with Crippen LogP contribution in [0.4, 0.5) is 0 Å². The summed E-state index contributed by atoms with van der Waals surface area (Å²) in [6.45, 7) is 7.96. The average molecular weight is 184 g/mol. The van der Waals surface area contributed by atoms with E-state index < -0.39 is 0 Å². The van der Waals surface area contributed by atoms with Crippen LogP contribution in [-0.2, 0) is 0 Å². The zero-order valence-electron chi connectivity index (χ0n) is 9.34. The highest BCUT2D eigenvalue weighted by Crippen LogP contribution is 2.38. The molecule has 1 rings (SSSR count). The minimum Gasteiger partial charge on any atom is -0.330 e. The van der Waals surface area contributed by atoms with Crippen molar-refractivity contribution >= 4 is 0 Å². The van der Waals surface area contributed by atoms with E-state index in [0.29, 0.717) is 5.41 Å². The van der Waals surface area contributed by atoms with Crippen molar-refractivity contribution in [2.75, 3.05) is 26.7 Å². The normalized spacial score (nSPS) is 25.8. The van der Waals surface area contributed by atoms with Crippen molar-refractivity contribution in [3.63, 3.8) is 0 Å². The van der Waals surface area contributed by atoms with Gasteiger partial charge in [0.05, 0.1) is 0 Å². The van der Waals surface area contributed by atoms with Crippen LogP contribution in [0.2, 0.25) is 0 Å². The molecule has 0 bridgehead atoms. The molecule has 0 aromatic rings. The molecular formula is C11H24N2. The highest BCUT2D eigenvalue weighted by atomic mass is 15.1. The van der Waals surface area contributed by atoms with Crippen LogP contribution >= 0.6 is 0 Å². The predicted octanol–water partition coefficient (Wildman–Crippen LogP) is 1.70. The Balaban J connectivity index is 2.60. The van der Waals surface area contributed by atoms with Gasteiger partial charge >= 0.3 is 0 Å². The highest BCUT2D eigenvalue weighted by molar-refractivity contribution is 4.89. The van der Waals surface area contributed by atoms with Crippen LogP contribution in [0.3, 0.4) is 0 Å². The summed E-state index contributed by atoms with van der Waals surface area (Å²) < 4.78 is 0. The van der Waals surface area contributed by atoms with Gasteiger partial charge in [0.15, 0.2) is 0 Å². The van der Waals surface area contributed by atoms with Crippen molar-refractivity contribution in [1.82, 2.24) is 4.90 Å². The first kappa shape index (κ1) is 11.0. The first-order chi connectivity index (χ1) is 6.14. The van der Waals surface area contributed by atoms with Gasteiger partial charge in [0.2, 0.25) is 0 Å². The topological polar surface area (TPSA) is 29.3 Å². The molecule has 0 aliphatic carbocycles. The maximum Gasteiger partial charge on any atom is -0.00159 e. The Hall–Kier alpha value is -0.0800. The van der Waals surface area contributed by atoms with Crippen molar-refractivity contribution < 1.29 is 0 Å². The lowest BCUT2D eigenvalue weighted by Crippen LogP contribution is -2.46. The Bertz CT molecular complexity index is 148. The number of piperidine rings is 1. The smallest absolute Gasteiger partial charge is 0.00159 e. The van der Waals surface area contributed by atoms with Gasteiger partial charge in [0.1, 0.15) is 0 Å². The van der Waals surface area contributed by atoms with Crippen LogP contribution in [0, 0.1) is 11.3 Å². The molecule has 2 heteroatoms. The van der Waals surface area contributed by atoms with E-state index in [4.69, 9.17) is 5.73 Å². The number of hydrogen-bond acceptors (Lipinski definition) is 2. The van der Waals surface area contributed by atoms with Gasteiger partial charge in [0, 0.05) is 0 Å². The zero-order chi connectivity index (χ0) is 9.90. The van der Waals surface area contributed by atoms with Crippen molar-refractivity contribution in [2.24, 2.45) is 17.1 Å². The summed E-state index contributed by atoms with van der Waals surface area (Å²) >= 11 is 0. The molecule has 78 valence electrons. The molecule has 1 atom stereocenters. The van der Waals surface area contributed by atoms with Crippen LogP contribution in [0.25, 0.3) is 0 Å². The fourth-order valence-corrected chi connectivity index (χ4v) is 2.39. The van der Waals surface area contributed by atoms with Gasteiger partial charge in [-0.25, -0.2) is 0 Å². The molecule has 0 aromatic carbocycles. The summed E-state index contributed by atoms with van der Waals surface area (Å²) in [5.41, 5.74) is 6.39. The van der Waals surface area contributed by atoms with E-state index in [-0.39, 0.29) is 0 Å². The molecule has 1 aliphatic heterocycles. The Morgan fingerprint density at radius 1 is 1.38 bits per heavy atom. The second-order valence-corrected chi connectivity index (χ2v) is 4.68. The molecule has 2 N–H and O–H groups in total. The molecular weight excluding hydrogens is 160 g/mol. The Kier molecular flexibility index (Phi) is 3.74. The van der Waals surface area contributed by atoms with Gasteiger partial charge < -0.3 is 10.6 Å². The van der Waals surface area contributed by atoms with Gasteiger partial charge in [-0.15, -0.1) is 0 Å². The Labute approximate surface area is 82.5 Å². The van der Waals surface area contributed by atoms with E-state index in [0.717, 1.165) is 12.5 Å². The van der Waals surface area contributed by atoms with E-state index in [1.165, 1.54) is 32.4 Å². The second kappa shape index (κ2) is 4.43. The Morgan fingerprint density at radius 3 is 2.31 bits per heavy atom. The summed E-state index contributed by atoms with van der Waals surface area (Å²) in [7, 11) is 2.21. The van der Waals surface area contributed by atoms with E-state index in [2.05, 4.69) is 25.8 Å². The maximum atomic E-state index is 5.94. The SMILES string of the molecule is CCC(C)C1(CN)CCN(C)CC1. The minimum absolute atomic E-state index is 0.446. The molecule has 0 radical (unpaired) electrons. The molecule has 2 nitrogen and oxygen atoms in total. The molecule has 13 heavy (non-hydrogen) atoms. The van der Waals surface area contributed by atoms with Crippen LogP contribution in [-0.4, -0.2) is 31.6 Å². The molecule has 0 amide bonds. The number of nitrogens with two attached hydrogens (primary N) is 1. The van der Waals surface area contributed by atoms with E-state index in [1.54, 1.807) is 0 Å². The van der Waals surface area contributed by atoms with Gasteiger partial charge in [-0.1, -0.05) is 20.3 Å². The zero-order valence-corrected chi connectivity index (χ0v) is 9.34. The standard InChI is InChI=1S/C11H24N2/c1-4-10(2)11(9-12)5-7-13(3)8-6-11/h10H,4-9,12H2,1-3H3. The minimum atomic E-state index is 0.446. The van der Waals surface area contributed by atoms with Crippen LogP contribution < -0.4 is 5.73 Å². The largest absolute Gasteiger partial charge is 0.330 e. The third kappa shape index (κ3) is 2.23. The lowest BCUT2D eigenvalue weighted by atomic mass is 9.68. The summed E-state index contributed by atoms with van der Waals surface area (Å²) in [5.74, 6) is 0.784. The summed E-state index contributed by atoms with van der Waals surface area (Å²) in [6.07, 6.45) is 3.84. The van der Waals surface area contributed by atoms with Crippen LogP contribution in [0.5, 0.6) is 0 Å². The first-order valence-corrected chi connectivity index (χ1v) is 5.53. The lowest BCUT2D eigenvalue weighted by molar-refractivity contribution is 0.0723. The monoisotopic (exact) mass is 184 g/mol. The molecule has 1 saturated heterocycles.